The minimum atomic E-state index is -0.314. The van der Waals surface area contributed by atoms with E-state index in [2.05, 4.69) is 19.2 Å². The number of rotatable bonds is 4. The molecule has 1 atom stereocenters. The summed E-state index contributed by atoms with van der Waals surface area (Å²) < 4.78 is 5.39. The Bertz CT molecular complexity index is 318. The Balaban J connectivity index is 1.91. The van der Waals surface area contributed by atoms with Gasteiger partial charge in [0, 0.05) is 25.8 Å². The largest absolute Gasteiger partial charge is 0.381 e. The lowest BCUT2D eigenvalue weighted by molar-refractivity contribution is -0.134. The molecule has 0 spiro atoms. The molecule has 20 heavy (non-hydrogen) atoms. The highest BCUT2D eigenvalue weighted by Crippen LogP contribution is 2.38. The third kappa shape index (κ3) is 3.53. The molecule has 2 aliphatic rings. The lowest BCUT2D eigenvalue weighted by Crippen LogP contribution is -2.52. The van der Waals surface area contributed by atoms with Gasteiger partial charge in [-0.1, -0.05) is 6.92 Å². The molecule has 0 radical (unpaired) electrons. The predicted molar refractivity (Wildman–Crippen MR) is 80.3 cm³/mol. The first-order valence-electron chi connectivity index (χ1n) is 8.16. The maximum atomic E-state index is 12.7. The highest BCUT2D eigenvalue weighted by molar-refractivity contribution is 5.83. The second-order valence-electron chi connectivity index (χ2n) is 6.88. The van der Waals surface area contributed by atoms with Crippen LogP contribution in [-0.2, 0) is 9.53 Å². The fourth-order valence-electron chi connectivity index (χ4n) is 3.53. The summed E-state index contributed by atoms with van der Waals surface area (Å²) in [6.45, 7) is 6.52. The number of nitrogens with one attached hydrogen (secondary N) is 1. The third-order valence-electron chi connectivity index (χ3n) is 5.44. The van der Waals surface area contributed by atoms with Crippen molar-refractivity contribution in [1.82, 2.24) is 5.32 Å². The smallest absolute Gasteiger partial charge is 0.227 e. The van der Waals surface area contributed by atoms with Crippen molar-refractivity contribution in [3.63, 3.8) is 0 Å². The van der Waals surface area contributed by atoms with Crippen molar-refractivity contribution in [2.75, 3.05) is 19.8 Å². The molecule has 1 amide bonds. The zero-order valence-corrected chi connectivity index (χ0v) is 13.0. The summed E-state index contributed by atoms with van der Waals surface area (Å²) in [6, 6.07) is 0.231. The molecule has 4 nitrogen and oxygen atoms in total. The maximum Gasteiger partial charge on any atom is 0.227 e. The molecule has 2 fully saturated rings. The molecule has 116 valence electrons. The maximum absolute atomic E-state index is 12.7. The van der Waals surface area contributed by atoms with Crippen molar-refractivity contribution in [3.8, 4) is 0 Å². The van der Waals surface area contributed by atoms with E-state index in [1.807, 2.05) is 0 Å². The number of carbonyl (C=O) groups is 1. The van der Waals surface area contributed by atoms with E-state index in [0.29, 0.717) is 12.5 Å². The van der Waals surface area contributed by atoms with Gasteiger partial charge in [-0.05, 0) is 57.3 Å². The van der Waals surface area contributed by atoms with Gasteiger partial charge in [-0.15, -0.1) is 0 Å². The summed E-state index contributed by atoms with van der Waals surface area (Å²) in [5, 5.41) is 3.25. The summed E-state index contributed by atoms with van der Waals surface area (Å²) in [4.78, 5) is 12.7. The lowest BCUT2D eigenvalue weighted by Gasteiger charge is -2.39. The minimum absolute atomic E-state index is 0.186. The number of amides is 1. The monoisotopic (exact) mass is 282 g/mol. The molecular formula is C16H30N2O2. The summed E-state index contributed by atoms with van der Waals surface area (Å²) in [5.74, 6) is 1.46. The van der Waals surface area contributed by atoms with Crippen LogP contribution in [0.2, 0.25) is 0 Å². The van der Waals surface area contributed by atoms with Crippen molar-refractivity contribution in [3.05, 3.63) is 0 Å². The van der Waals surface area contributed by atoms with E-state index >= 15 is 0 Å². The summed E-state index contributed by atoms with van der Waals surface area (Å²) >= 11 is 0. The molecule has 1 unspecified atom stereocenters. The average molecular weight is 282 g/mol. The first-order chi connectivity index (χ1) is 9.57. The molecule has 0 aromatic heterocycles. The van der Waals surface area contributed by atoms with Crippen molar-refractivity contribution < 1.29 is 9.53 Å². The van der Waals surface area contributed by atoms with Gasteiger partial charge in [0.15, 0.2) is 0 Å². The Hall–Kier alpha value is -0.610. The Kier molecular flexibility index (Phi) is 5.44. The molecule has 1 saturated heterocycles. The first kappa shape index (κ1) is 15.8. The van der Waals surface area contributed by atoms with Crippen LogP contribution in [0.25, 0.3) is 0 Å². The van der Waals surface area contributed by atoms with Crippen molar-refractivity contribution in [2.45, 2.75) is 58.4 Å². The van der Waals surface area contributed by atoms with E-state index in [1.54, 1.807) is 0 Å². The fraction of sp³-hybridized carbons (Fsp3) is 0.938. The highest BCUT2D eigenvalue weighted by Gasteiger charge is 2.40. The van der Waals surface area contributed by atoms with Crippen LogP contribution < -0.4 is 11.1 Å². The van der Waals surface area contributed by atoms with E-state index in [1.165, 1.54) is 0 Å². The van der Waals surface area contributed by atoms with Gasteiger partial charge in [0.25, 0.3) is 0 Å². The Morgan fingerprint density at radius 3 is 2.45 bits per heavy atom. The molecule has 4 heteroatoms. The topological polar surface area (TPSA) is 64.4 Å². The van der Waals surface area contributed by atoms with E-state index in [4.69, 9.17) is 10.5 Å². The van der Waals surface area contributed by atoms with Crippen LogP contribution >= 0.6 is 0 Å². The zero-order valence-electron chi connectivity index (χ0n) is 13.0. The highest BCUT2D eigenvalue weighted by atomic mass is 16.5. The SMILES string of the molecule is CC1CCC(CN)(C(=O)NC(C)C2CCOCC2)CC1. The van der Waals surface area contributed by atoms with Gasteiger partial charge in [-0.2, -0.15) is 0 Å². The van der Waals surface area contributed by atoms with Crippen LogP contribution in [-0.4, -0.2) is 31.7 Å². The number of ether oxygens (including phenoxy) is 1. The first-order valence-corrected chi connectivity index (χ1v) is 8.16. The normalized spacial score (nSPS) is 33.6. The quantitative estimate of drug-likeness (QED) is 0.829. The molecule has 1 saturated carbocycles. The third-order valence-corrected chi connectivity index (χ3v) is 5.44. The molecule has 2 rings (SSSR count). The molecule has 0 aromatic carbocycles. The number of hydrogen-bond acceptors (Lipinski definition) is 3. The number of nitrogens with two attached hydrogens (primary N) is 1. The summed E-state index contributed by atoms with van der Waals surface area (Å²) in [6.07, 6.45) is 6.22. The second kappa shape index (κ2) is 6.90. The van der Waals surface area contributed by atoms with Crippen LogP contribution in [0.5, 0.6) is 0 Å². The average Bonchev–Trinajstić information content (AvgIpc) is 2.49. The standard InChI is InChI=1S/C16H30N2O2/c1-12-3-7-16(11-17,8-4-12)15(19)18-13(2)14-5-9-20-10-6-14/h12-14H,3-11,17H2,1-2H3,(H,18,19). The summed E-state index contributed by atoms with van der Waals surface area (Å²) in [7, 11) is 0. The van der Waals surface area contributed by atoms with Gasteiger partial charge >= 0.3 is 0 Å². The van der Waals surface area contributed by atoms with Crippen LogP contribution in [0.4, 0.5) is 0 Å². The number of hydrogen-bond donors (Lipinski definition) is 2. The predicted octanol–water partition coefficient (Wildman–Crippen LogP) is 2.07. The molecule has 0 aromatic rings. The number of carbonyl (C=O) groups excluding carboxylic acids is 1. The van der Waals surface area contributed by atoms with Gasteiger partial charge in [0.1, 0.15) is 0 Å². The van der Waals surface area contributed by atoms with Gasteiger partial charge in [-0.3, -0.25) is 4.79 Å². The van der Waals surface area contributed by atoms with E-state index < -0.39 is 0 Å². The van der Waals surface area contributed by atoms with Crippen molar-refractivity contribution >= 4 is 5.91 Å². The minimum Gasteiger partial charge on any atom is -0.381 e. The van der Waals surface area contributed by atoms with Crippen molar-refractivity contribution in [1.29, 1.82) is 0 Å². The molecule has 3 N–H and O–H groups in total. The van der Waals surface area contributed by atoms with Gasteiger partial charge in [0.2, 0.25) is 5.91 Å². The fourth-order valence-corrected chi connectivity index (χ4v) is 3.53. The van der Waals surface area contributed by atoms with E-state index in [0.717, 1.165) is 57.7 Å². The lowest BCUT2D eigenvalue weighted by atomic mass is 9.70. The molecular weight excluding hydrogens is 252 g/mol. The van der Waals surface area contributed by atoms with E-state index in [9.17, 15) is 4.79 Å². The second-order valence-corrected chi connectivity index (χ2v) is 6.88. The Labute approximate surface area is 122 Å². The summed E-state index contributed by atoms with van der Waals surface area (Å²) in [5.41, 5.74) is 5.64. The van der Waals surface area contributed by atoms with Gasteiger partial charge in [-0.25, -0.2) is 0 Å². The molecule has 1 aliphatic carbocycles. The van der Waals surface area contributed by atoms with Crippen LogP contribution in [0, 0.1) is 17.3 Å². The van der Waals surface area contributed by atoms with E-state index in [-0.39, 0.29) is 17.4 Å². The van der Waals surface area contributed by atoms with Crippen molar-refractivity contribution in [2.24, 2.45) is 23.0 Å². The molecule has 0 bridgehead atoms. The van der Waals surface area contributed by atoms with Crippen LogP contribution in [0.3, 0.4) is 0 Å². The van der Waals surface area contributed by atoms with Gasteiger partial charge in [0.05, 0.1) is 5.41 Å². The zero-order chi connectivity index (χ0) is 14.6. The Morgan fingerprint density at radius 1 is 1.30 bits per heavy atom. The molecule has 1 heterocycles. The Morgan fingerprint density at radius 2 is 1.90 bits per heavy atom. The molecule has 1 aliphatic heterocycles. The van der Waals surface area contributed by atoms with Crippen LogP contribution in [0.1, 0.15) is 52.4 Å². The van der Waals surface area contributed by atoms with Crippen LogP contribution in [0.15, 0.2) is 0 Å². The van der Waals surface area contributed by atoms with Gasteiger partial charge < -0.3 is 15.8 Å².